The van der Waals surface area contributed by atoms with Gasteiger partial charge in [0, 0.05) is 38.1 Å². The molecule has 178 valence electrons. The molecule has 3 aromatic rings. The third-order valence-electron chi connectivity index (χ3n) is 5.63. The molecule has 34 heavy (non-hydrogen) atoms. The zero-order valence-corrected chi connectivity index (χ0v) is 19.6. The lowest BCUT2D eigenvalue weighted by Gasteiger charge is -2.37. The lowest BCUT2D eigenvalue weighted by atomic mass is 10.2. The van der Waals surface area contributed by atoms with Gasteiger partial charge in [0.15, 0.2) is 0 Å². The first-order chi connectivity index (χ1) is 16.3. The third kappa shape index (κ3) is 5.37. The van der Waals surface area contributed by atoms with Gasteiger partial charge in [0.2, 0.25) is 5.91 Å². The molecule has 2 aromatic carbocycles. The fourth-order valence-corrected chi connectivity index (χ4v) is 4.77. The first kappa shape index (κ1) is 23.3. The Morgan fingerprint density at radius 3 is 2.38 bits per heavy atom. The number of nitrogens with one attached hydrogen (secondary N) is 2. The molecule has 0 bridgehead atoms. The number of nitrogen functional groups attached to an aromatic ring is 1. The second-order valence-electron chi connectivity index (χ2n) is 7.96. The summed E-state index contributed by atoms with van der Waals surface area (Å²) in [5.41, 5.74) is 8.21. The minimum atomic E-state index is -3.75. The van der Waals surface area contributed by atoms with Gasteiger partial charge in [-0.2, -0.15) is 0 Å². The van der Waals surface area contributed by atoms with Crippen molar-refractivity contribution < 1.29 is 13.2 Å². The fraction of sp³-hybridized carbons (Fsp3) is 0.261. The van der Waals surface area contributed by atoms with E-state index in [1.165, 1.54) is 18.6 Å². The normalized spacial score (nSPS) is 15.0. The average Bonchev–Trinajstić information content (AvgIpc) is 2.85. The molecule has 1 atom stereocenters. The summed E-state index contributed by atoms with van der Waals surface area (Å²) in [5, 5.41) is 3.19. The quantitative estimate of drug-likeness (QED) is 0.437. The summed E-state index contributed by atoms with van der Waals surface area (Å²) < 4.78 is 27.6. The Morgan fingerprint density at radius 1 is 1.03 bits per heavy atom. The molecule has 1 saturated heterocycles. The summed E-state index contributed by atoms with van der Waals surface area (Å²) in [5.74, 6) is 0.221. The first-order valence-electron chi connectivity index (χ1n) is 10.9. The van der Waals surface area contributed by atoms with Crippen LogP contribution >= 0.6 is 0 Å². The van der Waals surface area contributed by atoms with Crippen LogP contribution in [-0.4, -0.2) is 61.4 Å². The molecule has 1 fully saturated rings. The molecule has 11 heteroatoms. The van der Waals surface area contributed by atoms with Crippen LogP contribution in [0, 0.1) is 0 Å². The van der Waals surface area contributed by atoms with Gasteiger partial charge in [-0.25, -0.2) is 18.4 Å². The van der Waals surface area contributed by atoms with E-state index in [0.29, 0.717) is 31.9 Å². The van der Waals surface area contributed by atoms with Crippen molar-refractivity contribution in [3.05, 3.63) is 67.1 Å². The second kappa shape index (κ2) is 9.96. The predicted molar refractivity (Wildman–Crippen MR) is 132 cm³/mol. The number of para-hydroxylation sites is 2. The number of hydrogen-bond donors (Lipinski definition) is 3. The highest BCUT2D eigenvalue weighted by atomic mass is 32.2. The summed E-state index contributed by atoms with van der Waals surface area (Å²) in [7, 11) is -3.75. The van der Waals surface area contributed by atoms with Crippen molar-refractivity contribution in [2.45, 2.75) is 17.9 Å². The van der Waals surface area contributed by atoms with Crippen LogP contribution in [-0.2, 0) is 14.8 Å². The Labute approximate surface area is 198 Å². The molecular formula is C23H27N7O3S. The zero-order chi connectivity index (χ0) is 24.1. The number of piperazine rings is 1. The van der Waals surface area contributed by atoms with Crippen molar-refractivity contribution in [2.75, 3.05) is 46.9 Å². The van der Waals surface area contributed by atoms with E-state index in [9.17, 15) is 13.2 Å². The van der Waals surface area contributed by atoms with Crippen LogP contribution in [0.5, 0.6) is 0 Å². The number of nitrogens with two attached hydrogens (primary N) is 1. The summed E-state index contributed by atoms with van der Waals surface area (Å²) >= 11 is 0. The topological polar surface area (TPSA) is 134 Å². The molecule has 0 radical (unpaired) electrons. The number of carbonyl (C=O) groups excluding carboxylic acids is 1. The SMILES string of the molecule is CC(Nc1ccccc1N)C(=O)N1CCN(c2ccc(S(=O)(=O)Nc3ccncn3)cc2)CC1. The Bertz CT molecular complexity index is 1230. The van der Waals surface area contributed by atoms with Gasteiger partial charge in [-0.05, 0) is 49.4 Å². The van der Waals surface area contributed by atoms with Gasteiger partial charge in [-0.15, -0.1) is 0 Å². The van der Waals surface area contributed by atoms with Crippen molar-refractivity contribution in [3.63, 3.8) is 0 Å². The van der Waals surface area contributed by atoms with Crippen LogP contribution in [0.1, 0.15) is 6.92 Å². The van der Waals surface area contributed by atoms with Crippen molar-refractivity contribution in [3.8, 4) is 0 Å². The predicted octanol–water partition coefficient (Wildman–Crippen LogP) is 2.01. The van der Waals surface area contributed by atoms with Crippen LogP contribution in [0.2, 0.25) is 0 Å². The maximum absolute atomic E-state index is 12.9. The maximum Gasteiger partial charge on any atom is 0.263 e. The molecule has 1 unspecified atom stereocenters. The molecule has 4 N–H and O–H groups in total. The lowest BCUT2D eigenvalue weighted by Crippen LogP contribution is -2.52. The van der Waals surface area contributed by atoms with Crippen LogP contribution < -0.4 is 20.7 Å². The van der Waals surface area contributed by atoms with E-state index in [0.717, 1.165) is 11.4 Å². The highest BCUT2D eigenvalue weighted by molar-refractivity contribution is 7.92. The Morgan fingerprint density at radius 2 is 1.74 bits per heavy atom. The molecule has 0 spiro atoms. The van der Waals surface area contributed by atoms with E-state index in [-0.39, 0.29) is 16.6 Å². The van der Waals surface area contributed by atoms with Crippen molar-refractivity contribution in [1.82, 2.24) is 14.9 Å². The number of amides is 1. The van der Waals surface area contributed by atoms with Gasteiger partial charge >= 0.3 is 0 Å². The van der Waals surface area contributed by atoms with Crippen LogP contribution in [0.15, 0.2) is 72.0 Å². The Kier molecular flexibility index (Phi) is 6.82. The van der Waals surface area contributed by atoms with Crippen molar-refractivity contribution in [1.29, 1.82) is 0 Å². The third-order valence-corrected chi connectivity index (χ3v) is 7.00. The van der Waals surface area contributed by atoms with Gasteiger partial charge in [-0.1, -0.05) is 12.1 Å². The van der Waals surface area contributed by atoms with E-state index < -0.39 is 16.1 Å². The number of nitrogens with zero attached hydrogens (tertiary/aromatic N) is 4. The zero-order valence-electron chi connectivity index (χ0n) is 18.8. The number of carbonyl (C=O) groups is 1. The Hall–Kier alpha value is -3.86. The average molecular weight is 482 g/mol. The number of anilines is 4. The van der Waals surface area contributed by atoms with Gasteiger partial charge in [0.25, 0.3) is 10.0 Å². The van der Waals surface area contributed by atoms with Crippen LogP contribution in [0.3, 0.4) is 0 Å². The Balaban J connectivity index is 1.33. The molecule has 4 rings (SSSR count). The minimum absolute atomic E-state index is 0.0140. The largest absolute Gasteiger partial charge is 0.397 e. The van der Waals surface area contributed by atoms with Crippen molar-refractivity contribution in [2.24, 2.45) is 0 Å². The molecule has 0 aliphatic carbocycles. The monoisotopic (exact) mass is 481 g/mol. The van der Waals surface area contributed by atoms with Crippen LogP contribution in [0.4, 0.5) is 22.9 Å². The summed E-state index contributed by atoms with van der Waals surface area (Å²) in [6.45, 7) is 4.28. The summed E-state index contributed by atoms with van der Waals surface area (Å²) in [6, 6.07) is 15.1. The molecular weight excluding hydrogens is 454 g/mol. The molecule has 1 amide bonds. The number of sulfonamides is 1. The lowest BCUT2D eigenvalue weighted by molar-refractivity contribution is -0.131. The molecule has 2 heterocycles. The number of aromatic nitrogens is 2. The second-order valence-corrected chi connectivity index (χ2v) is 9.64. The first-order valence-corrected chi connectivity index (χ1v) is 12.4. The molecule has 1 aromatic heterocycles. The van der Waals surface area contributed by atoms with Gasteiger partial charge < -0.3 is 20.9 Å². The molecule has 10 nitrogen and oxygen atoms in total. The fourth-order valence-electron chi connectivity index (χ4n) is 3.77. The van der Waals surface area contributed by atoms with Crippen molar-refractivity contribution >= 4 is 38.8 Å². The summed E-state index contributed by atoms with van der Waals surface area (Å²) in [6.07, 6.45) is 2.74. The molecule has 0 saturated carbocycles. The van der Waals surface area contributed by atoms with E-state index in [1.807, 2.05) is 30.0 Å². The van der Waals surface area contributed by atoms with E-state index >= 15 is 0 Å². The number of hydrogen-bond acceptors (Lipinski definition) is 8. The standard InChI is InChI=1S/C23H27N7O3S/c1-17(27-21-5-3-2-4-20(21)24)23(31)30-14-12-29(13-15-30)18-6-8-19(9-7-18)34(32,33)28-22-10-11-25-16-26-22/h2-11,16-17,27H,12-15,24H2,1H3,(H,25,26,28). The minimum Gasteiger partial charge on any atom is -0.397 e. The summed E-state index contributed by atoms with van der Waals surface area (Å²) in [4.78, 5) is 24.7. The smallest absolute Gasteiger partial charge is 0.263 e. The number of rotatable bonds is 7. The molecule has 1 aliphatic heterocycles. The van der Waals surface area contributed by atoms with Crippen LogP contribution in [0.25, 0.3) is 0 Å². The van der Waals surface area contributed by atoms with E-state index in [4.69, 9.17) is 5.73 Å². The number of benzene rings is 2. The molecule has 1 aliphatic rings. The van der Waals surface area contributed by atoms with E-state index in [1.54, 1.807) is 30.3 Å². The van der Waals surface area contributed by atoms with E-state index in [2.05, 4.69) is 24.9 Å². The maximum atomic E-state index is 12.9. The van der Waals surface area contributed by atoms with Gasteiger partial charge in [0.1, 0.15) is 18.2 Å². The van der Waals surface area contributed by atoms with Gasteiger partial charge in [-0.3, -0.25) is 9.52 Å². The highest BCUT2D eigenvalue weighted by Crippen LogP contribution is 2.22. The highest BCUT2D eigenvalue weighted by Gasteiger charge is 2.25. The van der Waals surface area contributed by atoms with Gasteiger partial charge in [0.05, 0.1) is 16.3 Å².